The Bertz CT molecular complexity index is 1490. The van der Waals surface area contributed by atoms with Crippen LogP contribution in [0.25, 0.3) is 0 Å². The van der Waals surface area contributed by atoms with Gasteiger partial charge in [-0.25, -0.2) is 0 Å². The maximum Gasteiger partial charge on any atom is 0.336 e. The van der Waals surface area contributed by atoms with Crippen molar-refractivity contribution in [3.63, 3.8) is 0 Å². The molecule has 0 radical (unpaired) electrons. The molecule has 0 aromatic heterocycles. The highest BCUT2D eigenvalue weighted by molar-refractivity contribution is 6.20. The molecule has 4 saturated heterocycles. The standard InChI is InChI=1S/C48H86N4O8/c1-22-31(36(53)57-32-23-27-49(18)44(10,11)40(32,2)3)48(37(54)58-33-24-28-50(19)45(12,13)41(33,4)5,38(55)59-34-25-29-51(20)46(14,15)42(34,6)7)39(56)60-35-26-30-52(21)47(16,17)43(35,8)9/h31-35H,22-30H2,1-21H3. The Balaban J connectivity index is 1.96. The molecule has 4 heterocycles. The highest BCUT2D eigenvalue weighted by Gasteiger charge is 2.69. The van der Waals surface area contributed by atoms with Gasteiger partial charge in [0.2, 0.25) is 0 Å². The van der Waals surface area contributed by atoms with Crippen molar-refractivity contribution in [3.05, 3.63) is 0 Å². The summed E-state index contributed by atoms with van der Waals surface area (Å²) in [7, 11) is 8.20. The topological polar surface area (TPSA) is 118 Å². The van der Waals surface area contributed by atoms with Gasteiger partial charge >= 0.3 is 23.9 Å². The van der Waals surface area contributed by atoms with Crippen molar-refractivity contribution < 1.29 is 38.1 Å². The first-order chi connectivity index (χ1) is 27.1. The molecule has 5 unspecified atom stereocenters. The first kappa shape index (κ1) is 50.4. The zero-order chi connectivity index (χ0) is 46.2. The van der Waals surface area contributed by atoms with Crippen LogP contribution < -0.4 is 0 Å². The second kappa shape index (κ2) is 16.4. The van der Waals surface area contributed by atoms with Crippen LogP contribution in [-0.2, 0) is 38.1 Å². The lowest BCUT2D eigenvalue weighted by atomic mass is 9.65. The first-order valence-corrected chi connectivity index (χ1v) is 22.8. The van der Waals surface area contributed by atoms with Crippen LogP contribution in [0.5, 0.6) is 0 Å². The van der Waals surface area contributed by atoms with Crippen LogP contribution in [0.3, 0.4) is 0 Å². The van der Waals surface area contributed by atoms with Crippen LogP contribution in [0.4, 0.5) is 0 Å². The summed E-state index contributed by atoms with van der Waals surface area (Å²) >= 11 is 0. The van der Waals surface area contributed by atoms with Gasteiger partial charge in [0.15, 0.2) is 0 Å². The lowest BCUT2D eigenvalue weighted by molar-refractivity contribution is -0.220. The minimum absolute atomic E-state index is 0.0819. The molecule has 12 nitrogen and oxygen atoms in total. The van der Waals surface area contributed by atoms with E-state index in [0.29, 0.717) is 51.9 Å². The van der Waals surface area contributed by atoms with E-state index in [-0.39, 0.29) is 12.0 Å². The SMILES string of the molecule is CCC(C(=O)OC1CCN(C)C(C)(C)C1(C)C)C(C(=O)OC1CCN(C)C(C)(C)C1(C)C)(C(=O)OC1CCN(C)C(C)(C)C1(C)C)C(=O)OC1CCN(C)C(C)(C)C1(C)C. The number of nitrogens with zero attached hydrogens (tertiary/aromatic N) is 4. The highest BCUT2D eigenvalue weighted by Crippen LogP contribution is 2.51. The molecule has 4 fully saturated rings. The Morgan fingerprint density at radius 1 is 0.450 bits per heavy atom. The van der Waals surface area contributed by atoms with Gasteiger partial charge in [0.05, 0.1) is 5.92 Å². The molecule has 60 heavy (non-hydrogen) atoms. The Morgan fingerprint density at radius 3 is 0.883 bits per heavy atom. The van der Waals surface area contributed by atoms with E-state index in [4.69, 9.17) is 18.9 Å². The minimum Gasteiger partial charge on any atom is -0.461 e. The molecule has 12 heteroatoms. The quantitative estimate of drug-likeness (QED) is 0.126. The van der Waals surface area contributed by atoms with Gasteiger partial charge in [0, 0.05) is 70.0 Å². The molecule has 4 aliphatic rings. The molecule has 0 amide bonds. The highest BCUT2D eigenvalue weighted by atomic mass is 16.6. The van der Waals surface area contributed by atoms with Crippen molar-refractivity contribution >= 4 is 23.9 Å². The van der Waals surface area contributed by atoms with Gasteiger partial charge in [-0.3, -0.25) is 19.2 Å². The smallest absolute Gasteiger partial charge is 0.336 e. The monoisotopic (exact) mass is 847 g/mol. The maximum atomic E-state index is 15.8. The van der Waals surface area contributed by atoms with Gasteiger partial charge in [-0.1, -0.05) is 62.3 Å². The first-order valence-electron chi connectivity index (χ1n) is 22.8. The third-order valence-electron chi connectivity index (χ3n) is 19.4. The molecule has 0 N–H and O–H groups in total. The van der Waals surface area contributed by atoms with Crippen molar-refractivity contribution in [2.75, 3.05) is 54.4 Å². The summed E-state index contributed by atoms with van der Waals surface area (Å²) in [4.78, 5) is 71.4. The number of hydrogen-bond acceptors (Lipinski definition) is 12. The number of ether oxygens (including phenoxy) is 4. The molecule has 0 spiro atoms. The Kier molecular flexibility index (Phi) is 13.7. The summed E-state index contributed by atoms with van der Waals surface area (Å²) in [5, 5.41) is 0. The van der Waals surface area contributed by atoms with Crippen molar-refractivity contribution in [2.45, 2.75) is 196 Å². The molecule has 4 aliphatic heterocycles. The molecule has 0 aliphatic carbocycles. The van der Waals surface area contributed by atoms with Gasteiger partial charge < -0.3 is 38.5 Å². The summed E-state index contributed by atoms with van der Waals surface area (Å²) in [6.45, 7) is 37.5. The molecule has 0 aromatic rings. The van der Waals surface area contributed by atoms with Crippen molar-refractivity contribution in [3.8, 4) is 0 Å². The van der Waals surface area contributed by atoms with E-state index in [1.807, 2.05) is 62.7 Å². The fraction of sp³-hybridized carbons (Fsp3) is 0.917. The van der Waals surface area contributed by atoms with Crippen LogP contribution in [0, 0.1) is 33.0 Å². The van der Waals surface area contributed by atoms with E-state index in [2.05, 4.69) is 95.9 Å². The van der Waals surface area contributed by atoms with E-state index in [1.54, 1.807) is 6.92 Å². The average molecular weight is 847 g/mol. The van der Waals surface area contributed by atoms with Gasteiger partial charge in [0.25, 0.3) is 5.41 Å². The van der Waals surface area contributed by atoms with E-state index in [0.717, 1.165) is 0 Å². The second-order valence-electron chi connectivity index (χ2n) is 23.3. The zero-order valence-electron chi connectivity index (χ0n) is 41.8. The third kappa shape index (κ3) is 7.65. The van der Waals surface area contributed by atoms with E-state index in [1.165, 1.54) is 0 Å². The van der Waals surface area contributed by atoms with Crippen LogP contribution in [0.1, 0.15) is 150 Å². The number of esters is 4. The normalized spacial score (nSPS) is 32.4. The Labute approximate surface area is 364 Å². The number of carbonyl (C=O) groups is 4. The second-order valence-corrected chi connectivity index (χ2v) is 23.3. The number of carbonyl (C=O) groups excluding carboxylic acids is 4. The molecular weight excluding hydrogens is 761 g/mol. The average Bonchev–Trinajstić information content (AvgIpc) is 3.12. The van der Waals surface area contributed by atoms with E-state index >= 15 is 19.2 Å². The van der Waals surface area contributed by atoms with Crippen molar-refractivity contribution in [2.24, 2.45) is 33.0 Å². The van der Waals surface area contributed by atoms with Crippen LogP contribution in [0.15, 0.2) is 0 Å². The predicted molar refractivity (Wildman–Crippen MR) is 236 cm³/mol. The van der Waals surface area contributed by atoms with Crippen molar-refractivity contribution in [1.29, 1.82) is 0 Å². The molecular formula is C48H86N4O8. The summed E-state index contributed by atoms with van der Waals surface area (Å²) in [6.07, 6.45) is -0.814. The molecule has 0 bridgehead atoms. The van der Waals surface area contributed by atoms with Crippen LogP contribution >= 0.6 is 0 Å². The van der Waals surface area contributed by atoms with E-state index in [9.17, 15) is 0 Å². The fourth-order valence-corrected chi connectivity index (χ4v) is 10.4. The predicted octanol–water partition coefficient (Wildman–Crippen LogP) is 7.21. The summed E-state index contributed by atoms with van der Waals surface area (Å²) in [5.74, 6) is -5.75. The number of rotatable bonds is 10. The minimum atomic E-state index is -2.83. The molecule has 4 rings (SSSR count). The van der Waals surface area contributed by atoms with Gasteiger partial charge in [0.1, 0.15) is 24.4 Å². The molecule has 0 aromatic carbocycles. The van der Waals surface area contributed by atoms with Crippen LogP contribution in [0.2, 0.25) is 0 Å². The molecule has 5 atom stereocenters. The Morgan fingerprint density at radius 2 is 0.667 bits per heavy atom. The molecule has 0 saturated carbocycles. The zero-order valence-corrected chi connectivity index (χ0v) is 41.8. The van der Waals surface area contributed by atoms with Gasteiger partial charge in [-0.15, -0.1) is 0 Å². The Hall–Kier alpha value is -2.28. The fourth-order valence-electron chi connectivity index (χ4n) is 10.4. The van der Waals surface area contributed by atoms with Gasteiger partial charge in [-0.2, -0.15) is 0 Å². The van der Waals surface area contributed by atoms with Crippen molar-refractivity contribution in [1.82, 2.24) is 19.6 Å². The van der Waals surface area contributed by atoms with E-state index < -0.39 is 97.9 Å². The molecule has 346 valence electrons. The summed E-state index contributed by atoms with van der Waals surface area (Å²) < 4.78 is 26.4. The number of piperidine rings is 4. The largest absolute Gasteiger partial charge is 0.461 e. The maximum absolute atomic E-state index is 15.8. The lowest BCUT2D eigenvalue weighted by Crippen LogP contribution is -2.67. The summed E-state index contributed by atoms with van der Waals surface area (Å²) in [6, 6.07) is 0. The lowest BCUT2D eigenvalue weighted by Gasteiger charge is -2.56. The third-order valence-corrected chi connectivity index (χ3v) is 19.4. The van der Waals surface area contributed by atoms with Gasteiger partial charge in [-0.05, 0) is 116 Å². The number of likely N-dealkylation sites (tertiary alicyclic amines) is 4. The summed E-state index contributed by atoms with van der Waals surface area (Å²) in [5.41, 5.74) is -6.88. The number of hydrogen-bond donors (Lipinski definition) is 0. The van der Waals surface area contributed by atoms with Crippen LogP contribution in [-0.4, -0.2) is 144 Å².